The van der Waals surface area contributed by atoms with Crippen molar-refractivity contribution in [3.8, 4) is 0 Å². The molecule has 3 nitrogen and oxygen atoms in total. The molecule has 90 valence electrons. The van der Waals surface area contributed by atoms with Crippen LogP contribution in [0.2, 0.25) is 0 Å². The van der Waals surface area contributed by atoms with Crippen LogP contribution in [0.1, 0.15) is 32.1 Å². The number of para-hydroxylation sites is 1. The van der Waals surface area contributed by atoms with Crippen molar-refractivity contribution in [2.75, 3.05) is 5.01 Å². The molecule has 1 saturated carbocycles. The van der Waals surface area contributed by atoms with Gasteiger partial charge in [0.2, 0.25) is 5.91 Å². The molecule has 0 aromatic heterocycles. The van der Waals surface area contributed by atoms with Crippen LogP contribution in [0, 0.1) is 5.92 Å². The molecule has 17 heavy (non-hydrogen) atoms. The third-order valence-electron chi connectivity index (χ3n) is 3.92. The zero-order chi connectivity index (χ0) is 11.7. The van der Waals surface area contributed by atoms with Crippen molar-refractivity contribution in [3.63, 3.8) is 0 Å². The summed E-state index contributed by atoms with van der Waals surface area (Å²) in [7, 11) is 0. The normalized spacial score (nSPS) is 25.8. The molecule has 1 heterocycles. The van der Waals surface area contributed by atoms with Gasteiger partial charge in [0, 0.05) is 12.5 Å². The van der Waals surface area contributed by atoms with E-state index in [9.17, 15) is 4.79 Å². The van der Waals surface area contributed by atoms with Gasteiger partial charge in [-0.15, -0.1) is 0 Å². The van der Waals surface area contributed by atoms with E-state index in [2.05, 4.69) is 5.43 Å². The zero-order valence-electron chi connectivity index (χ0n) is 9.93. The fourth-order valence-corrected chi connectivity index (χ4v) is 2.99. The predicted molar refractivity (Wildman–Crippen MR) is 67.4 cm³/mol. The van der Waals surface area contributed by atoms with Gasteiger partial charge in [0.15, 0.2) is 0 Å². The van der Waals surface area contributed by atoms with Gasteiger partial charge < -0.3 is 0 Å². The Kier molecular flexibility index (Phi) is 2.85. The highest BCUT2D eigenvalue weighted by Gasteiger charge is 2.36. The zero-order valence-corrected chi connectivity index (χ0v) is 9.93. The minimum atomic E-state index is 0.202. The number of nitrogens with one attached hydrogen (secondary N) is 1. The molecule has 1 aliphatic heterocycles. The van der Waals surface area contributed by atoms with Crippen LogP contribution in [0.25, 0.3) is 0 Å². The number of anilines is 1. The largest absolute Gasteiger partial charge is 0.273 e. The lowest BCUT2D eigenvalue weighted by atomic mass is 9.97. The van der Waals surface area contributed by atoms with E-state index >= 15 is 0 Å². The van der Waals surface area contributed by atoms with Crippen molar-refractivity contribution < 1.29 is 4.79 Å². The lowest BCUT2D eigenvalue weighted by Gasteiger charge is -2.21. The molecular formula is C14H18N2O. The fourth-order valence-electron chi connectivity index (χ4n) is 2.99. The Morgan fingerprint density at radius 3 is 2.53 bits per heavy atom. The molecular weight excluding hydrogens is 212 g/mol. The summed E-state index contributed by atoms with van der Waals surface area (Å²) >= 11 is 0. The Bertz CT molecular complexity index is 398. The molecule has 1 atom stereocenters. The summed E-state index contributed by atoms with van der Waals surface area (Å²) in [5.41, 5.74) is 4.34. The van der Waals surface area contributed by atoms with E-state index in [1.165, 1.54) is 25.7 Å². The third kappa shape index (κ3) is 2.07. The van der Waals surface area contributed by atoms with Crippen LogP contribution < -0.4 is 10.4 Å². The van der Waals surface area contributed by atoms with Gasteiger partial charge in [0.1, 0.15) is 0 Å². The molecule has 3 rings (SSSR count). The van der Waals surface area contributed by atoms with Crippen LogP contribution in [0.5, 0.6) is 0 Å². The average molecular weight is 230 g/mol. The summed E-state index contributed by atoms with van der Waals surface area (Å²) in [4.78, 5) is 12.0. The molecule has 0 bridgehead atoms. The van der Waals surface area contributed by atoms with Crippen LogP contribution in [0.3, 0.4) is 0 Å². The first-order valence-electron chi connectivity index (χ1n) is 6.49. The lowest BCUT2D eigenvalue weighted by molar-refractivity contribution is -0.117. The number of carbonyl (C=O) groups is 1. The first-order chi connectivity index (χ1) is 8.34. The average Bonchev–Trinajstić information content (AvgIpc) is 2.99. The standard InChI is InChI=1S/C14H18N2O/c17-14-10-13(11-6-4-5-7-11)15-16(14)12-8-2-1-3-9-12/h1-3,8-9,11,13,15H,4-7,10H2. The number of benzene rings is 1. The number of rotatable bonds is 2. The Balaban J connectivity index is 1.73. The molecule has 0 radical (unpaired) electrons. The number of amides is 1. The van der Waals surface area contributed by atoms with Crippen molar-refractivity contribution in [2.45, 2.75) is 38.1 Å². The molecule has 1 aliphatic carbocycles. The second-order valence-corrected chi connectivity index (χ2v) is 5.05. The van der Waals surface area contributed by atoms with Crippen LogP contribution in [0.4, 0.5) is 5.69 Å². The summed E-state index contributed by atoms with van der Waals surface area (Å²) < 4.78 is 0. The minimum absolute atomic E-state index is 0.202. The van der Waals surface area contributed by atoms with Crippen LogP contribution in [-0.4, -0.2) is 11.9 Å². The molecule has 3 heteroatoms. The van der Waals surface area contributed by atoms with E-state index in [0.717, 1.165) is 5.69 Å². The molecule has 1 amide bonds. The molecule has 1 N–H and O–H groups in total. The quantitative estimate of drug-likeness (QED) is 0.846. The second kappa shape index (κ2) is 4.49. The van der Waals surface area contributed by atoms with Gasteiger partial charge >= 0.3 is 0 Å². The van der Waals surface area contributed by atoms with Crippen molar-refractivity contribution in [1.29, 1.82) is 0 Å². The van der Waals surface area contributed by atoms with Crippen LogP contribution >= 0.6 is 0 Å². The highest BCUT2D eigenvalue weighted by molar-refractivity contribution is 5.94. The number of carbonyl (C=O) groups excluding carboxylic acids is 1. The second-order valence-electron chi connectivity index (χ2n) is 5.05. The van der Waals surface area contributed by atoms with E-state index < -0.39 is 0 Å². The summed E-state index contributed by atoms with van der Waals surface area (Å²) in [5.74, 6) is 0.890. The van der Waals surface area contributed by atoms with E-state index in [-0.39, 0.29) is 5.91 Å². The number of hydrogen-bond acceptors (Lipinski definition) is 2. The summed E-state index contributed by atoms with van der Waals surface area (Å²) in [6.07, 6.45) is 5.84. The summed E-state index contributed by atoms with van der Waals surface area (Å²) in [5, 5.41) is 1.73. The van der Waals surface area contributed by atoms with Gasteiger partial charge in [0.25, 0.3) is 0 Å². The highest BCUT2D eigenvalue weighted by atomic mass is 16.2. The number of nitrogens with zero attached hydrogens (tertiary/aromatic N) is 1. The van der Waals surface area contributed by atoms with Crippen molar-refractivity contribution >= 4 is 11.6 Å². The van der Waals surface area contributed by atoms with Crippen molar-refractivity contribution in [2.24, 2.45) is 5.92 Å². The van der Waals surface area contributed by atoms with Gasteiger partial charge in [-0.2, -0.15) is 0 Å². The molecule has 1 aromatic rings. The molecule has 1 unspecified atom stereocenters. The summed E-state index contributed by atoms with van der Waals surface area (Å²) in [6.45, 7) is 0. The Hall–Kier alpha value is -1.35. The van der Waals surface area contributed by atoms with Crippen LogP contribution in [-0.2, 0) is 4.79 Å². The molecule has 1 saturated heterocycles. The minimum Gasteiger partial charge on any atom is -0.273 e. The lowest BCUT2D eigenvalue weighted by Crippen LogP contribution is -2.40. The first kappa shape index (κ1) is 10.8. The number of hydrazine groups is 1. The number of hydrogen-bond donors (Lipinski definition) is 1. The van der Waals surface area contributed by atoms with E-state index in [1.807, 2.05) is 30.3 Å². The smallest absolute Gasteiger partial charge is 0.243 e. The monoisotopic (exact) mass is 230 g/mol. The Morgan fingerprint density at radius 2 is 1.82 bits per heavy atom. The Labute approximate surface area is 102 Å². The molecule has 1 aromatic carbocycles. The molecule has 2 fully saturated rings. The maximum Gasteiger partial charge on any atom is 0.243 e. The van der Waals surface area contributed by atoms with Gasteiger partial charge in [-0.1, -0.05) is 31.0 Å². The predicted octanol–water partition coefficient (Wildman–Crippen LogP) is 2.49. The van der Waals surface area contributed by atoms with E-state index in [1.54, 1.807) is 5.01 Å². The van der Waals surface area contributed by atoms with Gasteiger partial charge in [-0.05, 0) is 30.9 Å². The Morgan fingerprint density at radius 1 is 1.12 bits per heavy atom. The van der Waals surface area contributed by atoms with Crippen molar-refractivity contribution in [3.05, 3.63) is 30.3 Å². The van der Waals surface area contributed by atoms with Gasteiger partial charge in [-0.3, -0.25) is 4.79 Å². The molecule has 0 spiro atoms. The fraction of sp³-hybridized carbons (Fsp3) is 0.500. The summed E-state index contributed by atoms with van der Waals surface area (Å²) in [6, 6.07) is 10.2. The molecule has 2 aliphatic rings. The van der Waals surface area contributed by atoms with Gasteiger partial charge in [0.05, 0.1) is 5.69 Å². The topological polar surface area (TPSA) is 32.3 Å². The third-order valence-corrected chi connectivity index (χ3v) is 3.92. The van der Waals surface area contributed by atoms with E-state index in [4.69, 9.17) is 0 Å². The SMILES string of the molecule is O=C1CC(C2CCCC2)NN1c1ccccc1. The van der Waals surface area contributed by atoms with Crippen LogP contribution in [0.15, 0.2) is 30.3 Å². The van der Waals surface area contributed by atoms with Crippen molar-refractivity contribution in [1.82, 2.24) is 5.43 Å². The van der Waals surface area contributed by atoms with Gasteiger partial charge in [-0.25, -0.2) is 10.4 Å². The maximum absolute atomic E-state index is 12.0. The maximum atomic E-state index is 12.0. The first-order valence-corrected chi connectivity index (χ1v) is 6.49. The highest BCUT2D eigenvalue weighted by Crippen LogP contribution is 2.32. The van der Waals surface area contributed by atoms with E-state index in [0.29, 0.717) is 18.4 Å².